The highest BCUT2D eigenvalue weighted by molar-refractivity contribution is 7.99. The predicted octanol–water partition coefficient (Wildman–Crippen LogP) is 5.88. The zero-order chi connectivity index (χ0) is 19.9. The van der Waals surface area contributed by atoms with E-state index in [1.54, 1.807) is 48.4 Å². The second-order valence-corrected chi connectivity index (χ2v) is 7.28. The fraction of sp³-hybridized carbons (Fsp3) is 0.130. The molecule has 2 aromatic heterocycles. The van der Waals surface area contributed by atoms with Crippen molar-refractivity contribution in [2.75, 3.05) is 12.4 Å². The van der Waals surface area contributed by atoms with Crippen LogP contribution >= 0.6 is 11.8 Å². The first-order valence-electron chi connectivity index (χ1n) is 9.25. The van der Waals surface area contributed by atoms with Crippen LogP contribution in [0.15, 0.2) is 87.1 Å². The Labute approximate surface area is 172 Å². The molecule has 0 bridgehead atoms. The molecule has 6 heteroatoms. The van der Waals surface area contributed by atoms with E-state index in [9.17, 15) is 4.79 Å². The highest BCUT2D eigenvalue weighted by atomic mass is 32.2. The van der Waals surface area contributed by atoms with Crippen molar-refractivity contribution in [2.24, 2.45) is 0 Å². The second-order valence-electron chi connectivity index (χ2n) is 6.24. The molecule has 0 saturated carbocycles. The molecule has 2 aromatic carbocycles. The van der Waals surface area contributed by atoms with E-state index in [1.165, 1.54) is 6.08 Å². The number of thioether (sulfide) groups is 1. The van der Waals surface area contributed by atoms with Crippen molar-refractivity contribution in [3.05, 3.63) is 84.3 Å². The van der Waals surface area contributed by atoms with Gasteiger partial charge in [0.15, 0.2) is 11.4 Å². The van der Waals surface area contributed by atoms with Gasteiger partial charge in [-0.25, -0.2) is 4.98 Å². The summed E-state index contributed by atoms with van der Waals surface area (Å²) in [4.78, 5) is 16.6. The van der Waals surface area contributed by atoms with E-state index in [4.69, 9.17) is 13.6 Å². The molecule has 4 aromatic rings. The molecule has 0 saturated heterocycles. The van der Waals surface area contributed by atoms with Crippen molar-refractivity contribution in [1.29, 1.82) is 0 Å². The highest BCUT2D eigenvalue weighted by Crippen LogP contribution is 2.23. The number of allylic oxidation sites excluding steroid dienone is 1. The molecule has 0 unspecified atom stereocenters. The Morgan fingerprint density at radius 1 is 1.07 bits per heavy atom. The normalized spacial score (nSPS) is 11.3. The smallest absolute Gasteiger partial charge is 0.256 e. The molecule has 0 aliphatic carbocycles. The van der Waals surface area contributed by atoms with E-state index in [0.717, 1.165) is 29.0 Å². The number of nitrogens with zero attached hydrogens (tertiary/aromatic N) is 1. The zero-order valence-electron chi connectivity index (χ0n) is 15.6. The maximum Gasteiger partial charge on any atom is 0.256 e. The summed E-state index contributed by atoms with van der Waals surface area (Å²) in [5.41, 5.74) is 2.28. The first-order valence-corrected chi connectivity index (χ1v) is 10.2. The van der Waals surface area contributed by atoms with Crippen LogP contribution in [0.25, 0.3) is 17.2 Å². The molecule has 0 aliphatic heterocycles. The quantitative estimate of drug-likeness (QED) is 0.150. The Hall–Kier alpha value is -3.25. The SMILES string of the molecule is O=C(C=Cc1ccco1)c1ccc(OCCCSc2nc3ccccc3o2)cc1. The summed E-state index contributed by atoms with van der Waals surface area (Å²) in [6, 6.07) is 18.4. The van der Waals surface area contributed by atoms with Crippen molar-refractivity contribution in [2.45, 2.75) is 11.6 Å². The number of rotatable bonds is 9. The van der Waals surface area contributed by atoms with Crippen molar-refractivity contribution in [1.82, 2.24) is 4.98 Å². The van der Waals surface area contributed by atoms with E-state index >= 15 is 0 Å². The van der Waals surface area contributed by atoms with Gasteiger partial charge in [-0.2, -0.15) is 0 Å². The molecule has 0 atom stereocenters. The molecule has 4 rings (SSSR count). The number of carbonyl (C=O) groups excluding carboxylic acids is 1. The van der Waals surface area contributed by atoms with Gasteiger partial charge in [-0.15, -0.1) is 0 Å². The Kier molecular flexibility index (Phi) is 6.12. The maximum absolute atomic E-state index is 12.2. The molecule has 0 spiro atoms. The van der Waals surface area contributed by atoms with Gasteiger partial charge in [0.05, 0.1) is 12.9 Å². The van der Waals surface area contributed by atoms with Gasteiger partial charge in [0, 0.05) is 11.3 Å². The molecular weight excluding hydrogens is 386 g/mol. The van der Waals surface area contributed by atoms with Gasteiger partial charge in [-0.3, -0.25) is 4.79 Å². The Bertz CT molecular complexity index is 1060. The van der Waals surface area contributed by atoms with Crippen LogP contribution in [0.4, 0.5) is 0 Å². The van der Waals surface area contributed by atoms with Crippen molar-refractivity contribution in [3.8, 4) is 5.75 Å². The summed E-state index contributed by atoms with van der Waals surface area (Å²) >= 11 is 1.57. The van der Waals surface area contributed by atoms with Crippen LogP contribution < -0.4 is 4.74 Å². The lowest BCUT2D eigenvalue weighted by Crippen LogP contribution is -1.99. The third kappa shape index (κ3) is 5.18. The molecular formula is C23H19NO4S. The van der Waals surface area contributed by atoms with Gasteiger partial charge in [0.25, 0.3) is 5.22 Å². The average Bonchev–Trinajstić information content (AvgIpc) is 3.41. The van der Waals surface area contributed by atoms with Crippen LogP contribution in [0.3, 0.4) is 0 Å². The monoisotopic (exact) mass is 405 g/mol. The fourth-order valence-corrected chi connectivity index (χ4v) is 3.43. The molecule has 146 valence electrons. The van der Waals surface area contributed by atoms with Crippen LogP contribution in [0.1, 0.15) is 22.5 Å². The summed E-state index contributed by atoms with van der Waals surface area (Å²) in [6.07, 6.45) is 5.58. The number of ketones is 1. The molecule has 2 heterocycles. The number of para-hydroxylation sites is 2. The highest BCUT2D eigenvalue weighted by Gasteiger charge is 2.06. The lowest BCUT2D eigenvalue weighted by atomic mass is 10.1. The Balaban J connectivity index is 1.20. The van der Waals surface area contributed by atoms with E-state index in [1.807, 2.05) is 36.4 Å². The second kappa shape index (κ2) is 9.30. The van der Waals surface area contributed by atoms with E-state index in [-0.39, 0.29) is 5.78 Å². The number of aromatic nitrogens is 1. The lowest BCUT2D eigenvalue weighted by molar-refractivity contribution is 0.104. The van der Waals surface area contributed by atoms with Gasteiger partial charge in [0.1, 0.15) is 17.0 Å². The number of benzene rings is 2. The Morgan fingerprint density at radius 3 is 2.72 bits per heavy atom. The van der Waals surface area contributed by atoms with Crippen molar-refractivity contribution in [3.63, 3.8) is 0 Å². The minimum Gasteiger partial charge on any atom is -0.494 e. The van der Waals surface area contributed by atoms with Gasteiger partial charge in [-0.1, -0.05) is 23.9 Å². The minimum absolute atomic E-state index is 0.0808. The number of carbonyl (C=O) groups is 1. The summed E-state index contributed by atoms with van der Waals surface area (Å²) < 4.78 is 16.6. The molecule has 29 heavy (non-hydrogen) atoms. The molecule has 0 amide bonds. The first-order chi connectivity index (χ1) is 14.3. The van der Waals surface area contributed by atoms with Crippen molar-refractivity contribution < 1.29 is 18.4 Å². The largest absolute Gasteiger partial charge is 0.494 e. The van der Waals surface area contributed by atoms with Crippen molar-refractivity contribution >= 4 is 34.7 Å². The number of hydrogen-bond acceptors (Lipinski definition) is 6. The van der Waals surface area contributed by atoms with E-state index in [2.05, 4.69) is 4.98 Å². The fourth-order valence-electron chi connectivity index (χ4n) is 2.68. The summed E-state index contributed by atoms with van der Waals surface area (Å²) in [5, 5.41) is 0.677. The third-order valence-corrected chi connectivity index (χ3v) is 5.05. The lowest BCUT2D eigenvalue weighted by Gasteiger charge is -2.06. The van der Waals surface area contributed by atoms with Crippen LogP contribution in [-0.2, 0) is 0 Å². The predicted molar refractivity (Wildman–Crippen MR) is 113 cm³/mol. The molecule has 0 radical (unpaired) electrons. The number of hydrogen-bond donors (Lipinski definition) is 0. The van der Waals surface area contributed by atoms with Gasteiger partial charge in [-0.05, 0) is 67.1 Å². The van der Waals surface area contributed by atoms with Crippen LogP contribution in [0.2, 0.25) is 0 Å². The first kappa shape index (κ1) is 19.1. The molecule has 5 nitrogen and oxygen atoms in total. The van der Waals surface area contributed by atoms with Gasteiger partial charge >= 0.3 is 0 Å². The van der Waals surface area contributed by atoms with E-state index in [0.29, 0.717) is 23.2 Å². The topological polar surface area (TPSA) is 65.5 Å². The number of furan rings is 1. The minimum atomic E-state index is -0.0808. The van der Waals surface area contributed by atoms with Crippen LogP contribution in [-0.4, -0.2) is 23.1 Å². The number of fused-ring (bicyclic) bond motifs is 1. The maximum atomic E-state index is 12.2. The standard InChI is InChI=1S/C23H19NO4S/c25-21(13-12-18-5-3-14-26-18)17-8-10-19(11-9-17)27-15-4-16-29-23-24-20-6-1-2-7-22(20)28-23/h1-3,5-14H,4,15-16H2. The third-order valence-electron chi connectivity index (χ3n) is 4.14. The summed E-state index contributed by atoms with van der Waals surface area (Å²) in [6.45, 7) is 0.582. The molecule has 0 aliphatic rings. The summed E-state index contributed by atoms with van der Waals surface area (Å²) in [5.74, 6) is 2.15. The Morgan fingerprint density at radius 2 is 1.93 bits per heavy atom. The average molecular weight is 405 g/mol. The summed E-state index contributed by atoms with van der Waals surface area (Å²) in [7, 11) is 0. The molecule has 0 fully saturated rings. The van der Waals surface area contributed by atoms with Gasteiger partial charge < -0.3 is 13.6 Å². The van der Waals surface area contributed by atoms with E-state index < -0.39 is 0 Å². The number of ether oxygens (including phenoxy) is 1. The van der Waals surface area contributed by atoms with Crippen LogP contribution in [0, 0.1) is 0 Å². The van der Waals surface area contributed by atoms with Crippen LogP contribution in [0.5, 0.6) is 5.75 Å². The number of oxazole rings is 1. The van der Waals surface area contributed by atoms with Gasteiger partial charge in [0.2, 0.25) is 0 Å². The zero-order valence-corrected chi connectivity index (χ0v) is 16.4. The molecule has 0 N–H and O–H groups in total.